The van der Waals surface area contributed by atoms with Crippen molar-refractivity contribution in [2.75, 3.05) is 24.7 Å². The summed E-state index contributed by atoms with van der Waals surface area (Å²) in [5.74, 6) is 1.15. The van der Waals surface area contributed by atoms with Crippen molar-refractivity contribution in [3.63, 3.8) is 0 Å². The second-order valence-electron chi connectivity index (χ2n) is 6.62. The summed E-state index contributed by atoms with van der Waals surface area (Å²) < 4.78 is 0. The van der Waals surface area contributed by atoms with Gasteiger partial charge in [0.15, 0.2) is 0 Å². The van der Waals surface area contributed by atoms with Crippen LogP contribution in [0.2, 0.25) is 0 Å². The van der Waals surface area contributed by atoms with Crippen molar-refractivity contribution in [2.24, 2.45) is 0 Å². The molecule has 2 rings (SSSR count). The number of carbonyl (C=O) groups is 2. The van der Waals surface area contributed by atoms with Crippen molar-refractivity contribution in [1.82, 2.24) is 4.90 Å². The lowest BCUT2D eigenvalue weighted by molar-refractivity contribution is -0.133. The van der Waals surface area contributed by atoms with Gasteiger partial charge in [-0.2, -0.15) is 0 Å². The van der Waals surface area contributed by atoms with Crippen LogP contribution < -0.4 is 5.32 Å². The van der Waals surface area contributed by atoms with E-state index < -0.39 is 0 Å². The Morgan fingerprint density at radius 3 is 2.80 bits per heavy atom. The molecule has 0 spiro atoms. The lowest BCUT2D eigenvalue weighted by Gasteiger charge is -2.18. The zero-order chi connectivity index (χ0) is 18.2. The number of carbonyl (C=O) groups excluding carboxylic acids is 2. The van der Waals surface area contributed by atoms with Crippen molar-refractivity contribution < 1.29 is 9.59 Å². The third kappa shape index (κ3) is 6.59. The van der Waals surface area contributed by atoms with E-state index in [4.69, 9.17) is 0 Å². The van der Waals surface area contributed by atoms with Crippen molar-refractivity contribution in [3.05, 3.63) is 29.3 Å². The molecule has 1 heterocycles. The van der Waals surface area contributed by atoms with E-state index in [2.05, 4.69) is 5.32 Å². The lowest BCUT2D eigenvalue weighted by Crippen LogP contribution is -2.34. The van der Waals surface area contributed by atoms with Crippen LogP contribution in [-0.2, 0) is 9.59 Å². The van der Waals surface area contributed by atoms with E-state index in [-0.39, 0.29) is 18.4 Å². The van der Waals surface area contributed by atoms with Gasteiger partial charge in [-0.25, -0.2) is 0 Å². The van der Waals surface area contributed by atoms with Crippen molar-refractivity contribution >= 4 is 39.1 Å². The van der Waals surface area contributed by atoms with Gasteiger partial charge in [0.25, 0.3) is 0 Å². The molecule has 0 radical (unpaired) electrons. The van der Waals surface area contributed by atoms with Crippen LogP contribution in [0.4, 0.5) is 5.69 Å². The molecule has 2 amide bonds. The third-order valence-corrected chi connectivity index (χ3v) is 7.59. The average Bonchev–Trinajstić information content (AvgIpc) is 3.09. The van der Waals surface area contributed by atoms with Crippen molar-refractivity contribution in [1.29, 1.82) is 0 Å². The highest BCUT2D eigenvalue weighted by Gasteiger charge is 2.17. The summed E-state index contributed by atoms with van der Waals surface area (Å²) in [6.07, 6.45) is 5.01. The molecule has 1 N–H and O–H groups in total. The van der Waals surface area contributed by atoms with Crippen LogP contribution in [0, 0.1) is 13.8 Å². The first-order valence-electron chi connectivity index (χ1n) is 8.85. The molecule has 1 aliphatic rings. The van der Waals surface area contributed by atoms with Gasteiger partial charge >= 0.3 is 0 Å². The summed E-state index contributed by atoms with van der Waals surface area (Å²) in [5.41, 5.74) is 3.02. The first kappa shape index (κ1) is 20.2. The third-order valence-electron chi connectivity index (χ3n) is 4.58. The van der Waals surface area contributed by atoms with Crippen LogP contribution in [0.5, 0.6) is 0 Å². The number of aryl methyl sites for hydroxylation is 1. The first-order valence-corrected chi connectivity index (χ1v) is 11.2. The van der Waals surface area contributed by atoms with Crippen LogP contribution in [0.1, 0.15) is 43.2 Å². The van der Waals surface area contributed by atoms with Crippen molar-refractivity contribution in [3.8, 4) is 0 Å². The average molecular weight is 381 g/mol. The number of rotatable bonds is 8. The van der Waals surface area contributed by atoms with Crippen LogP contribution in [-0.4, -0.2) is 41.3 Å². The van der Waals surface area contributed by atoms with Gasteiger partial charge < -0.3 is 10.2 Å². The predicted octanol–water partition coefficient (Wildman–Crippen LogP) is 4.41. The minimum atomic E-state index is -0.149. The van der Waals surface area contributed by atoms with Gasteiger partial charge in [-0.15, -0.1) is 0 Å². The Morgan fingerprint density at radius 1 is 1.28 bits per heavy atom. The Bertz CT molecular complexity index is 601. The molecule has 138 valence electrons. The van der Waals surface area contributed by atoms with Gasteiger partial charge in [0.05, 0.1) is 6.54 Å². The minimum Gasteiger partial charge on any atom is -0.336 e. The molecule has 1 fully saturated rings. The molecule has 1 aromatic rings. The van der Waals surface area contributed by atoms with Gasteiger partial charge in [0, 0.05) is 30.2 Å². The number of likely N-dealkylation sites (N-methyl/N-ethyl adjacent to an activating group) is 1. The van der Waals surface area contributed by atoms with E-state index >= 15 is 0 Å². The number of hydrogen-bond acceptors (Lipinski definition) is 4. The first-order chi connectivity index (χ1) is 12.0. The monoisotopic (exact) mass is 380 g/mol. The van der Waals surface area contributed by atoms with Crippen LogP contribution in [0.3, 0.4) is 0 Å². The summed E-state index contributed by atoms with van der Waals surface area (Å²) in [6, 6.07) is 5.83. The SMILES string of the molecule is Cc1cccc(NC(=O)CN(C)C(=O)CCCC[C@H]2CCSS2)c1C. The van der Waals surface area contributed by atoms with E-state index in [1.165, 1.54) is 23.5 Å². The number of hydrogen-bond donors (Lipinski definition) is 1. The molecule has 0 bridgehead atoms. The summed E-state index contributed by atoms with van der Waals surface area (Å²) in [5, 5.41) is 3.67. The fourth-order valence-electron chi connectivity index (χ4n) is 2.78. The van der Waals surface area contributed by atoms with E-state index in [0.717, 1.165) is 34.9 Å². The van der Waals surface area contributed by atoms with Crippen LogP contribution in [0.25, 0.3) is 0 Å². The quantitative estimate of drug-likeness (QED) is 0.536. The van der Waals surface area contributed by atoms with Crippen LogP contribution in [0.15, 0.2) is 18.2 Å². The molecule has 25 heavy (non-hydrogen) atoms. The highest BCUT2D eigenvalue weighted by Crippen LogP contribution is 2.39. The van der Waals surface area contributed by atoms with Gasteiger partial charge in [-0.05, 0) is 50.3 Å². The number of amides is 2. The minimum absolute atomic E-state index is 0.0459. The topological polar surface area (TPSA) is 49.4 Å². The number of unbranched alkanes of at least 4 members (excludes halogenated alkanes) is 1. The van der Waals surface area contributed by atoms with E-state index in [1.807, 2.05) is 53.6 Å². The largest absolute Gasteiger partial charge is 0.336 e. The van der Waals surface area contributed by atoms with Gasteiger partial charge in [0.2, 0.25) is 11.8 Å². The Morgan fingerprint density at radius 2 is 2.08 bits per heavy atom. The molecule has 1 saturated heterocycles. The highest BCUT2D eigenvalue weighted by molar-refractivity contribution is 8.77. The number of benzene rings is 1. The number of nitrogens with one attached hydrogen (secondary N) is 1. The molecule has 0 unspecified atom stereocenters. The van der Waals surface area contributed by atoms with Crippen LogP contribution >= 0.6 is 21.6 Å². The van der Waals surface area contributed by atoms with Gasteiger partial charge in [0.1, 0.15) is 0 Å². The molecule has 0 aliphatic carbocycles. The normalized spacial score (nSPS) is 16.7. The second-order valence-corrected chi connectivity index (χ2v) is 9.41. The lowest BCUT2D eigenvalue weighted by atomic mass is 10.1. The predicted molar refractivity (Wildman–Crippen MR) is 109 cm³/mol. The van der Waals surface area contributed by atoms with E-state index in [0.29, 0.717) is 6.42 Å². The smallest absolute Gasteiger partial charge is 0.243 e. The summed E-state index contributed by atoms with van der Waals surface area (Å²) in [4.78, 5) is 25.9. The number of nitrogens with zero attached hydrogens (tertiary/aromatic N) is 1. The Hall–Kier alpha value is -1.14. The Kier molecular flexibility index (Phi) is 8.16. The molecule has 1 aliphatic heterocycles. The molecule has 4 nitrogen and oxygen atoms in total. The number of anilines is 1. The van der Waals surface area contributed by atoms with Gasteiger partial charge in [-0.1, -0.05) is 40.1 Å². The fraction of sp³-hybridized carbons (Fsp3) is 0.579. The maximum atomic E-state index is 12.2. The second kappa shape index (κ2) is 10.1. The van der Waals surface area contributed by atoms with Gasteiger partial charge in [-0.3, -0.25) is 9.59 Å². The summed E-state index contributed by atoms with van der Waals surface area (Å²) >= 11 is 0. The highest BCUT2D eigenvalue weighted by atomic mass is 33.1. The molecule has 0 saturated carbocycles. The van der Waals surface area contributed by atoms with E-state index in [1.54, 1.807) is 7.05 Å². The van der Waals surface area contributed by atoms with Crippen molar-refractivity contribution in [2.45, 2.75) is 51.2 Å². The molecule has 0 aromatic heterocycles. The maximum absolute atomic E-state index is 12.2. The maximum Gasteiger partial charge on any atom is 0.243 e. The molecular weight excluding hydrogens is 352 g/mol. The molecule has 1 aromatic carbocycles. The molecule has 6 heteroatoms. The molecular formula is C19H28N2O2S2. The standard InChI is InChI=1S/C19H28N2O2S2/c1-14-7-6-9-17(15(14)2)20-18(22)13-21(3)19(23)10-5-4-8-16-11-12-24-25-16/h6-7,9,16H,4-5,8,10-13H2,1-3H3,(H,20,22)/t16-/m0/s1. The fourth-order valence-corrected chi connectivity index (χ4v) is 5.81. The Labute approximate surface area is 158 Å². The Balaban J connectivity index is 1.68. The molecule has 1 atom stereocenters. The van der Waals surface area contributed by atoms with E-state index in [9.17, 15) is 9.59 Å². The summed E-state index contributed by atoms with van der Waals surface area (Å²) in [7, 11) is 5.65. The zero-order valence-electron chi connectivity index (χ0n) is 15.3. The zero-order valence-corrected chi connectivity index (χ0v) is 17.0. The summed E-state index contributed by atoms with van der Waals surface area (Å²) in [6.45, 7) is 4.10.